The van der Waals surface area contributed by atoms with Gasteiger partial charge in [0.2, 0.25) is 0 Å². The second kappa shape index (κ2) is 6.55. The summed E-state index contributed by atoms with van der Waals surface area (Å²) in [6, 6.07) is 14.5. The van der Waals surface area contributed by atoms with Crippen molar-refractivity contribution in [3.8, 4) is 0 Å². The molecule has 1 heterocycles. The Kier molecular flexibility index (Phi) is 4.77. The molecule has 0 saturated heterocycles. The Morgan fingerprint density at radius 3 is 2.47 bits per heavy atom. The van der Waals surface area contributed by atoms with Gasteiger partial charge in [0.25, 0.3) is 0 Å². The lowest BCUT2D eigenvalue weighted by atomic mass is 10.0. The highest BCUT2D eigenvalue weighted by Gasteiger charge is 2.17. The molecule has 3 nitrogen and oxygen atoms in total. The van der Waals surface area contributed by atoms with Crippen molar-refractivity contribution in [2.45, 2.75) is 25.9 Å². The maximum Gasteiger partial charge on any atom is 0.118 e. The Balaban J connectivity index is 2.10. The number of aliphatic hydroxyl groups is 1. The summed E-state index contributed by atoms with van der Waals surface area (Å²) >= 11 is 0. The first kappa shape index (κ1) is 13.8. The fourth-order valence-corrected chi connectivity index (χ4v) is 2.37. The van der Waals surface area contributed by atoms with Crippen molar-refractivity contribution in [1.82, 2.24) is 4.90 Å². The zero-order valence-electron chi connectivity index (χ0n) is 11.5. The van der Waals surface area contributed by atoms with E-state index in [1.165, 1.54) is 5.56 Å². The third-order valence-electron chi connectivity index (χ3n) is 3.32. The van der Waals surface area contributed by atoms with E-state index in [9.17, 15) is 5.11 Å². The highest BCUT2D eigenvalue weighted by atomic mass is 16.3. The first-order chi connectivity index (χ1) is 9.20. The first-order valence-electron chi connectivity index (χ1n) is 6.62. The van der Waals surface area contributed by atoms with Crippen LogP contribution >= 0.6 is 0 Å². The maximum atomic E-state index is 9.27. The van der Waals surface area contributed by atoms with Crippen molar-refractivity contribution in [2.75, 3.05) is 13.7 Å². The minimum absolute atomic E-state index is 0.182. The van der Waals surface area contributed by atoms with Gasteiger partial charge in [0.05, 0.1) is 6.54 Å². The van der Waals surface area contributed by atoms with Gasteiger partial charge in [0, 0.05) is 12.6 Å². The lowest BCUT2D eigenvalue weighted by Crippen LogP contribution is -2.25. The van der Waals surface area contributed by atoms with E-state index in [-0.39, 0.29) is 12.6 Å². The molecule has 0 saturated carbocycles. The lowest BCUT2D eigenvalue weighted by Gasteiger charge is -2.27. The van der Waals surface area contributed by atoms with Crippen molar-refractivity contribution in [2.24, 2.45) is 0 Å². The van der Waals surface area contributed by atoms with Crippen LogP contribution in [0.1, 0.15) is 29.5 Å². The molecule has 2 aromatic rings. The molecule has 1 atom stereocenters. The predicted molar refractivity (Wildman–Crippen MR) is 75.8 cm³/mol. The van der Waals surface area contributed by atoms with Crippen LogP contribution in [0, 0.1) is 6.92 Å². The van der Waals surface area contributed by atoms with Gasteiger partial charge >= 0.3 is 0 Å². The van der Waals surface area contributed by atoms with Crippen LogP contribution in [0.3, 0.4) is 0 Å². The van der Waals surface area contributed by atoms with Gasteiger partial charge in [-0.25, -0.2) is 0 Å². The molecular weight excluding hydrogens is 238 g/mol. The molecule has 0 amide bonds. The van der Waals surface area contributed by atoms with E-state index < -0.39 is 0 Å². The van der Waals surface area contributed by atoms with E-state index in [0.29, 0.717) is 0 Å². The summed E-state index contributed by atoms with van der Waals surface area (Å²) < 4.78 is 5.61. The van der Waals surface area contributed by atoms with Crippen molar-refractivity contribution >= 4 is 0 Å². The fraction of sp³-hybridized carbons (Fsp3) is 0.375. The average molecular weight is 259 g/mol. The molecule has 1 N–H and O–H groups in total. The molecule has 0 fully saturated rings. The van der Waals surface area contributed by atoms with Crippen molar-refractivity contribution in [1.29, 1.82) is 0 Å². The summed E-state index contributed by atoms with van der Waals surface area (Å²) in [5.74, 6) is 1.89. The third kappa shape index (κ3) is 3.69. The zero-order valence-corrected chi connectivity index (χ0v) is 11.5. The Hall–Kier alpha value is -1.58. The summed E-state index contributed by atoms with van der Waals surface area (Å²) in [6.45, 7) is 2.88. The average Bonchev–Trinajstić information content (AvgIpc) is 2.82. The van der Waals surface area contributed by atoms with Crippen LogP contribution < -0.4 is 0 Å². The summed E-state index contributed by atoms with van der Waals surface area (Å²) in [7, 11) is 2.06. The van der Waals surface area contributed by atoms with E-state index in [1.807, 2.05) is 37.3 Å². The van der Waals surface area contributed by atoms with Crippen LogP contribution in [0.15, 0.2) is 46.9 Å². The molecule has 1 aromatic heterocycles. The van der Waals surface area contributed by atoms with Gasteiger partial charge in [0.15, 0.2) is 0 Å². The van der Waals surface area contributed by atoms with E-state index >= 15 is 0 Å². The smallest absolute Gasteiger partial charge is 0.118 e. The van der Waals surface area contributed by atoms with Gasteiger partial charge in [0.1, 0.15) is 11.5 Å². The number of hydrogen-bond donors (Lipinski definition) is 1. The highest BCUT2D eigenvalue weighted by molar-refractivity contribution is 5.19. The normalized spacial score (nSPS) is 12.8. The van der Waals surface area contributed by atoms with Crippen molar-refractivity contribution in [3.63, 3.8) is 0 Å². The van der Waals surface area contributed by atoms with Gasteiger partial charge in [-0.1, -0.05) is 30.3 Å². The molecule has 3 heteroatoms. The SMILES string of the molecule is Cc1ccc(CN(C)[C@H](CCO)c2ccccc2)o1. The fourth-order valence-electron chi connectivity index (χ4n) is 2.37. The van der Waals surface area contributed by atoms with E-state index in [1.54, 1.807) is 0 Å². The second-order valence-corrected chi connectivity index (χ2v) is 4.87. The number of benzene rings is 1. The molecule has 0 bridgehead atoms. The van der Waals surface area contributed by atoms with Crippen molar-refractivity contribution in [3.05, 3.63) is 59.5 Å². The van der Waals surface area contributed by atoms with Crippen LogP contribution in [0.5, 0.6) is 0 Å². The number of rotatable bonds is 6. The Bertz CT molecular complexity index is 492. The molecule has 19 heavy (non-hydrogen) atoms. The van der Waals surface area contributed by atoms with E-state index in [4.69, 9.17) is 4.42 Å². The standard InChI is InChI=1S/C16H21NO2/c1-13-8-9-15(19-13)12-17(2)16(10-11-18)14-6-4-3-5-7-14/h3-9,16,18H,10-12H2,1-2H3/t16-/m1/s1. The van der Waals surface area contributed by atoms with E-state index in [0.717, 1.165) is 24.5 Å². The summed E-state index contributed by atoms with van der Waals surface area (Å²) in [5.41, 5.74) is 1.22. The van der Waals surface area contributed by atoms with Crippen LogP contribution in [0.2, 0.25) is 0 Å². The van der Waals surface area contributed by atoms with Crippen LogP contribution in [-0.2, 0) is 6.54 Å². The minimum Gasteiger partial charge on any atom is -0.465 e. The quantitative estimate of drug-likeness (QED) is 0.865. The molecule has 0 aliphatic rings. The summed E-state index contributed by atoms with van der Waals surface area (Å²) in [5, 5.41) is 9.27. The molecule has 1 aromatic carbocycles. The molecule has 0 unspecified atom stereocenters. The van der Waals surface area contributed by atoms with E-state index in [2.05, 4.69) is 24.1 Å². The van der Waals surface area contributed by atoms with Gasteiger partial charge in [-0.15, -0.1) is 0 Å². The predicted octanol–water partition coefficient (Wildman–Crippen LogP) is 3.14. The van der Waals surface area contributed by atoms with Crippen LogP contribution in [0.25, 0.3) is 0 Å². The number of nitrogens with zero attached hydrogens (tertiary/aromatic N) is 1. The second-order valence-electron chi connectivity index (χ2n) is 4.87. The lowest BCUT2D eigenvalue weighted by molar-refractivity contribution is 0.170. The molecule has 0 radical (unpaired) electrons. The summed E-state index contributed by atoms with van der Waals surface area (Å²) in [6.07, 6.45) is 0.722. The minimum atomic E-state index is 0.182. The molecule has 0 aliphatic carbocycles. The zero-order chi connectivity index (χ0) is 13.7. The summed E-state index contributed by atoms with van der Waals surface area (Å²) in [4.78, 5) is 2.21. The Morgan fingerprint density at radius 1 is 1.16 bits per heavy atom. The molecule has 2 rings (SSSR count). The Morgan fingerprint density at radius 2 is 1.89 bits per heavy atom. The molecule has 0 aliphatic heterocycles. The van der Waals surface area contributed by atoms with Gasteiger partial charge in [-0.3, -0.25) is 4.90 Å². The number of furan rings is 1. The van der Waals surface area contributed by atoms with Crippen LogP contribution in [-0.4, -0.2) is 23.7 Å². The topological polar surface area (TPSA) is 36.6 Å². The monoisotopic (exact) mass is 259 g/mol. The molecule has 102 valence electrons. The third-order valence-corrected chi connectivity index (χ3v) is 3.32. The van der Waals surface area contributed by atoms with Crippen LogP contribution in [0.4, 0.5) is 0 Å². The number of aliphatic hydroxyl groups excluding tert-OH is 1. The maximum absolute atomic E-state index is 9.27. The molecular formula is C16H21NO2. The first-order valence-corrected chi connectivity index (χ1v) is 6.62. The number of aryl methyl sites for hydroxylation is 1. The van der Waals surface area contributed by atoms with Gasteiger partial charge in [-0.05, 0) is 38.1 Å². The Labute approximate surface area is 114 Å². The largest absolute Gasteiger partial charge is 0.465 e. The molecule has 0 spiro atoms. The van der Waals surface area contributed by atoms with Gasteiger partial charge in [-0.2, -0.15) is 0 Å². The number of hydrogen-bond acceptors (Lipinski definition) is 3. The van der Waals surface area contributed by atoms with Crippen molar-refractivity contribution < 1.29 is 9.52 Å². The highest BCUT2D eigenvalue weighted by Crippen LogP contribution is 2.24. The van der Waals surface area contributed by atoms with Gasteiger partial charge < -0.3 is 9.52 Å².